The van der Waals surface area contributed by atoms with Crippen molar-refractivity contribution in [3.05, 3.63) is 53.6 Å². The first kappa shape index (κ1) is 18.3. The van der Waals surface area contributed by atoms with Gasteiger partial charge in [0.1, 0.15) is 17.2 Å². The zero-order valence-electron chi connectivity index (χ0n) is 14.6. The summed E-state index contributed by atoms with van der Waals surface area (Å²) in [5, 5.41) is 3.98. The van der Waals surface area contributed by atoms with Crippen molar-refractivity contribution in [3.63, 3.8) is 0 Å². The van der Waals surface area contributed by atoms with E-state index in [2.05, 4.69) is 10.5 Å². The van der Waals surface area contributed by atoms with Crippen molar-refractivity contribution in [1.29, 1.82) is 0 Å². The second-order valence-corrected chi connectivity index (χ2v) is 5.18. The molecule has 2 aromatic carbocycles. The Morgan fingerprint density at radius 1 is 1.08 bits per heavy atom. The first-order chi connectivity index (χ1) is 12.2. The number of amides is 1. The summed E-state index contributed by atoms with van der Waals surface area (Å²) in [6, 6.07) is 12.3. The van der Waals surface area contributed by atoms with Gasteiger partial charge in [-0.3, -0.25) is 4.79 Å². The third-order valence-corrected chi connectivity index (χ3v) is 3.40. The van der Waals surface area contributed by atoms with Gasteiger partial charge in [-0.2, -0.15) is 5.10 Å². The van der Waals surface area contributed by atoms with Crippen LogP contribution in [0.5, 0.6) is 17.2 Å². The first-order valence-corrected chi connectivity index (χ1v) is 7.96. The van der Waals surface area contributed by atoms with Crippen LogP contribution in [0.15, 0.2) is 47.6 Å². The maximum absolute atomic E-state index is 12.1. The van der Waals surface area contributed by atoms with Gasteiger partial charge in [0.15, 0.2) is 0 Å². The summed E-state index contributed by atoms with van der Waals surface area (Å²) in [4.78, 5) is 12.1. The predicted octanol–water partition coefficient (Wildman–Crippen LogP) is 3.26. The van der Waals surface area contributed by atoms with Crippen molar-refractivity contribution in [3.8, 4) is 17.2 Å². The molecule has 2 aromatic rings. The van der Waals surface area contributed by atoms with E-state index in [9.17, 15) is 4.79 Å². The van der Waals surface area contributed by atoms with E-state index in [1.165, 1.54) is 6.21 Å². The zero-order chi connectivity index (χ0) is 18.1. The summed E-state index contributed by atoms with van der Waals surface area (Å²) < 4.78 is 15.9. The number of hydrogen-bond donors (Lipinski definition) is 1. The molecule has 0 unspecified atom stereocenters. The van der Waals surface area contributed by atoms with E-state index in [1.807, 2.05) is 6.92 Å². The molecule has 0 saturated carbocycles. The number of carbonyl (C=O) groups excluding carboxylic acids is 1. The smallest absolute Gasteiger partial charge is 0.271 e. The van der Waals surface area contributed by atoms with E-state index >= 15 is 0 Å². The van der Waals surface area contributed by atoms with Crippen LogP contribution in [0.4, 0.5) is 0 Å². The highest BCUT2D eigenvalue weighted by Crippen LogP contribution is 2.22. The minimum absolute atomic E-state index is 0.305. The number of hydrogen-bond acceptors (Lipinski definition) is 5. The van der Waals surface area contributed by atoms with Gasteiger partial charge < -0.3 is 14.2 Å². The third kappa shape index (κ3) is 5.24. The quantitative estimate of drug-likeness (QED) is 0.590. The molecule has 1 N–H and O–H groups in total. The molecule has 25 heavy (non-hydrogen) atoms. The standard InChI is InChI=1S/C19H22N2O4/c1-4-11-25-16-7-5-14(6-8-16)19(22)21-20-13-15-12-17(23-2)9-10-18(15)24-3/h5-10,12-13H,4,11H2,1-3H3,(H,21,22)/b20-13-. The van der Waals surface area contributed by atoms with Crippen molar-refractivity contribution in [2.24, 2.45) is 5.10 Å². The van der Waals surface area contributed by atoms with Gasteiger partial charge in [-0.25, -0.2) is 5.43 Å². The lowest BCUT2D eigenvalue weighted by atomic mass is 10.2. The predicted molar refractivity (Wildman–Crippen MR) is 96.8 cm³/mol. The maximum Gasteiger partial charge on any atom is 0.271 e. The molecule has 0 aliphatic rings. The van der Waals surface area contributed by atoms with Crippen LogP contribution in [0.1, 0.15) is 29.3 Å². The Bertz CT molecular complexity index is 727. The summed E-state index contributed by atoms with van der Waals surface area (Å²) in [6.45, 7) is 2.69. The molecule has 2 rings (SSSR count). The van der Waals surface area contributed by atoms with Gasteiger partial charge in [-0.15, -0.1) is 0 Å². The van der Waals surface area contributed by atoms with Crippen LogP contribution in [-0.2, 0) is 0 Å². The van der Waals surface area contributed by atoms with Crippen LogP contribution in [0, 0.1) is 0 Å². The fourth-order valence-electron chi connectivity index (χ4n) is 2.09. The Morgan fingerprint density at radius 3 is 2.44 bits per heavy atom. The number of hydrazone groups is 1. The second kappa shape index (κ2) is 9.32. The number of nitrogens with zero attached hydrogens (tertiary/aromatic N) is 1. The average Bonchev–Trinajstić information content (AvgIpc) is 2.66. The van der Waals surface area contributed by atoms with Crippen LogP contribution < -0.4 is 19.6 Å². The van der Waals surface area contributed by atoms with Crippen LogP contribution in [0.2, 0.25) is 0 Å². The van der Waals surface area contributed by atoms with Crippen LogP contribution in [0.25, 0.3) is 0 Å². The minimum Gasteiger partial charge on any atom is -0.497 e. The Hall–Kier alpha value is -3.02. The Kier molecular flexibility index (Phi) is 6.83. The minimum atomic E-state index is -0.305. The summed E-state index contributed by atoms with van der Waals surface area (Å²) in [5.74, 6) is 1.75. The van der Waals surface area contributed by atoms with Gasteiger partial charge in [0.25, 0.3) is 5.91 Å². The second-order valence-electron chi connectivity index (χ2n) is 5.18. The lowest BCUT2D eigenvalue weighted by Crippen LogP contribution is -2.17. The molecule has 6 heteroatoms. The SMILES string of the molecule is CCCOc1ccc(C(=O)N/N=C\c2cc(OC)ccc2OC)cc1. The largest absolute Gasteiger partial charge is 0.497 e. The molecule has 0 atom stereocenters. The van der Waals surface area contributed by atoms with Crippen molar-refractivity contribution in [2.45, 2.75) is 13.3 Å². The van der Waals surface area contributed by atoms with Crippen LogP contribution >= 0.6 is 0 Å². The Labute approximate surface area is 147 Å². The third-order valence-electron chi connectivity index (χ3n) is 3.40. The van der Waals surface area contributed by atoms with E-state index < -0.39 is 0 Å². The summed E-state index contributed by atoms with van der Waals surface area (Å²) in [7, 11) is 3.15. The van der Waals surface area contributed by atoms with Crippen LogP contribution in [0.3, 0.4) is 0 Å². The van der Waals surface area contributed by atoms with E-state index in [-0.39, 0.29) is 5.91 Å². The molecule has 132 valence electrons. The monoisotopic (exact) mass is 342 g/mol. The van der Waals surface area contributed by atoms with Crippen LogP contribution in [-0.4, -0.2) is 32.9 Å². The molecule has 0 bridgehead atoms. The number of methoxy groups -OCH3 is 2. The normalized spacial score (nSPS) is 10.5. The molecule has 0 saturated heterocycles. The summed E-state index contributed by atoms with van der Waals surface area (Å²) in [5.41, 5.74) is 3.69. The number of ether oxygens (including phenoxy) is 3. The molecule has 0 spiro atoms. The zero-order valence-corrected chi connectivity index (χ0v) is 14.6. The number of nitrogens with one attached hydrogen (secondary N) is 1. The van der Waals surface area contributed by atoms with E-state index in [1.54, 1.807) is 56.7 Å². The lowest BCUT2D eigenvalue weighted by molar-refractivity contribution is 0.0955. The highest BCUT2D eigenvalue weighted by atomic mass is 16.5. The Balaban J connectivity index is 2.00. The first-order valence-electron chi connectivity index (χ1n) is 7.96. The highest BCUT2D eigenvalue weighted by molar-refractivity contribution is 5.95. The fourth-order valence-corrected chi connectivity index (χ4v) is 2.09. The summed E-state index contributed by atoms with van der Waals surface area (Å²) >= 11 is 0. The molecule has 0 fully saturated rings. The maximum atomic E-state index is 12.1. The van der Waals surface area contributed by atoms with Gasteiger partial charge in [0.05, 0.1) is 27.0 Å². The van der Waals surface area contributed by atoms with Gasteiger partial charge in [0.2, 0.25) is 0 Å². The van der Waals surface area contributed by atoms with Crippen molar-refractivity contribution in [2.75, 3.05) is 20.8 Å². The van der Waals surface area contributed by atoms with Gasteiger partial charge in [0, 0.05) is 11.1 Å². The molecule has 0 radical (unpaired) electrons. The van der Waals surface area contributed by atoms with Gasteiger partial charge in [-0.1, -0.05) is 6.92 Å². The van der Waals surface area contributed by atoms with Crippen molar-refractivity contribution in [1.82, 2.24) is 5.43 Å². The number of rotatable bonds is 8. The van der Waals surface area contributed by atoms with E-state index in [0.29, 0.717) is 29.2 Å². The molecule has 0 aliphatic carbocycles. The molecule has 0 heterocycles. The number of carbonyl (C=O) groups is 1. The average molecular weight is 342 g/mol. The van der Waals surface area contributed by atoms with Gasteiger partial charge in [-0.05, 0) is 48.9 Å². The van der Waals surface area contributed by atoms with E-state index in [0.717, 1.165) is 12.2 Å². The fraction of sp³-hybridized carbons (Fsp3) is 0.263. The Morgan fingerprint density at radius 2 is 1.80 bits per heavy atom. The molecule has 1 amide bonds. The van der Waals surface area contributed by atoms with Crippen molar-refractivity contribution < 1.29 is 19.0 Å². The van der Waals surface area contributed by atoms with Crippen molar-refractivity contribution >= 4 is 12.1 Å². The lowest BCUT2D eigenvalue weighted by Gasteiger charge is -2.07. The topological polar surface area (TPSA) is 69.2 Å². The van der Waals surface area contributed by atoms with Gasteiger partial charge >= 0.3 is 0 Å². The molecular formula is C19H22N2O4. The highest BCUT2D eigenvalue weighted by Gasteiger charge is 2.06. The number of benzene rings is 2. The molecule has 0 aliphatic heterocycles. The molecule has 6 nitrogen and oxygen atoms in total. The molecular weight excluding hydrogens is 320 g/mol. The van der Waals surface area contributed by atoms with E-state index in [4.69, 9.17) is 14.2 Å². The summed E-state index contributed by atoms with van der Waals surface area (Å²) in [6.07, 6.45) is 2.45. The molecule has 0 aromatic heterocycles.